The first-order chi connectivity index (χ1) is 10.1. The zero-order valence-electron chi connectivity index (χ0n) is 11.4. The van der Waals surface area contributed by atoms with Crippen LogP contribution in [0, 0.1) is 0 Å². The largest absolute Gasteiger partial charge is 0.464 e. The lowest BCUT2D eigenvalue weighted by Crippen LogP contribution is -2.42. The number of hydrogen-bond acceptors (Lipinski definition) is 3. The molecule has 106 valence electrons. The van der Waals surface area contributed by atoms with Gasteiger partial charge in [-0.25, -0.2) is 4.79 Å². The Hall–Kier alpha value is -1.94. The number of carbonyl (C=O) groups excluding carboxylic acids is 2. The van der Waals surface area contributed by atoms with E-state index < -0.39 is 10.3 Å². The van der Waals surface area contributed by atoms with Crippen molar-refractivity contribution in [2.45, 2.75) is 11.2 Å². The van der Waals surface area contributed by atoms with Gasteiger partial charge >= 0.3 is 5.97 Å². The second-order valence-electron chi connectivity index (χ2n) is 4.80. The first kappa shape index (κ1) is 14.0. The number of Topliss-reactive ketones (excluding diaryl/α,β-unsaturated/α-hetero) is 1. The molecule has 0 heterocycles. The van der Waals surface area contributed by atoms with Crippen LogP contribution in [0.15, 0.2) is 48.5 Å². The maximum atomic E-state index is 12.9. The molecule has 2 aromatic carbocycles. The molecule has 1 atom stereocenters. The molecular formula is C17H13BrO3. The van der Waals surface area contributed by atoms with Gasteiger partial charge in [0.15, 0.2) is 5.78 Å². The van der Waals surface area contributed by atoms with Crippen LogP contribution in [-0.4, -0.2) is 18.4 Å². The fourth-order valence-corrected chi connectivity index (χ4v) is 3.35. The summed E-state index contributed by atoms with van der Waals surface area (Å²) in [5.41, 5.74) is 2.88. The van der Waals surface area contributed by atoms with Crippen LogP contribution in [0.25, 0.3) is 11.1 Å². The van der Waals surface area contributed by atoms with Gasteiger partial charge in [0.2, 0.25) is 4.32 Å². The van der Waals surface area contributed by atoms with Crippen LogP contribution in [0.3, 0.4) is 0 Å². The fourth-order valence-electron chi connectivity index (χ4n) is 2.68. The summed E-state index contributed by atoms with van der Waals surface area (Å²) in [5.74, 6) is -0.854. The highest BCUT2D eigenvalue weighted by Gasteiger charge is 2.51. The number of ketones is 1. The molecule has 3 nitrogen and oxygen atoms in total. The second-order valence-corrected chi connectivity index (χ2v) is 5.99. The molecule has 0 amide bonds. The summed E-state index contributed by atoms with van der Waals surface area (Å²) in [6.45, 7) is 1.95. The molecule has 3 rings (SSSR count). The Morgan fingerprint density at radius 2 is 1.62 bits per heavy atom. The number of ether oxygens (including phenoxy) is 1. The Bertz CT molecular complexity index is 738. The molecule has 1 aliphatic rings. The van der Waals surface area contributed by atoms with E-state index in [1.54, 1.807) is 25.1 Å². The van der Waals surface area contributed by atoms with Gasteiger partial charge in [0.25, 0.3) is 0 Å². The predicted molar refractivity (Wildman–Crippen MR) is 83.4 cm³/mol. The normalized spacial score (nSPS) is 19.6. The zero-order chi connectivity index (χ0) is 15.0. The summed E-state index contributed by atoms with van der Waals surface area (Å²) < 4.78 is 3.66. The van der Waals surface area contributed by atoms with E-state index in [2.05, 4.69) is 15.9 Å². The highest BCUT2D eigenvalue weighted by molar-refractivity contribution is 9.10. The summed E-state index contributed by atoms with van der Waals surface area (Å²) >= 11 is 3.37. The number of fused-ring (bicyclic) bond motifs is 3. The van der Waals surface area contributed by atoms with E-state index in [1.165, 1.54) is 0 Å². The van der Waals surface area contributed by atoms with Crippen LogP contribution in [0.5, 0.6) is 0 Å². The Kier molecular flexibility index (Phi) is 3.41. The molecule has 0 spiro atoms. The van der Waals surface area contributed by atoms with Gasteiger partial charge < -0.3 is 4.74 Å². The van der Waals surface area contributed by atoms with Crippen molar-refractivity contribution < 1.29 is 14.3 Å². The Morgan fingerprint density at radius 1 is 1.05 bits per heavy atom. The van der Waals surface area contributed by atoms with Gasteiger partial charge in [0.1, 0.15) is 0 Å². The van der Waals surface area contributed by atoms with Gasteiger partial charge in [-0.15, -0.1) is 0 Å². The molecule has 0 radical (unpaired) electrons. The molecule has 2 aromatic rings. The van der Waals surface area contributed by atoms with Crippen molar-refractivity contribution in [2.75, 3.05) is 6.61 Å². The third-order valence-corrected chi connectivity index (χ3v) is 4.74. The van der Waals surface area contributed by atoms with Crippen molar-refractivity contribution in [2.24, 2.45) is 0 Å². The number of alkyl halides is 1. The Labute approximate surface area is 131 Å². The van der Waals surface area contributed by atoms with Crippen LogP contribution >= 0.6 is 15.9 Å². The maximum Gasteiger partial charge on any atom is 0.335 e. The average molecular weight is 345 g/mol. The summed E-state index contributed by atoms with van der Waals surface area (Å²) in [7, 11) is 0. The van der Waals surface area contributed by atoms with E-state index in [4.69, 9.17) is 4.74 Å². The highest BCUT2D eigenvalue weighted by atomic mass is 79.9. The Balaban J connectivity index is 2.30. The van der Waals surface area contributed by atoms with Gasteiger partial charge in [-0.2, -0.15) is 0 Å². The van der Waals surface area contributed by atoms with E-state index in [0.717, 1.165) is 11.1 Å². The smallest absolute Gasteiger partial charge is 0.335 e. The number of hydrogen-bond donors (Lipinski definition) is 0. The molecule has 0 aliphatic heterocycles. The molecule has 1 aliphatic carbocycles. The molecule has 0 saturated heterocycles. The maximum absolute atomic E-state index is 12.9. The standard InChI is InChI=1S/C17H13BrO3/c1-2-21-16(20)17(18)14-10-6-5-8-12(14)11-7-3-4-9-13(11)15(17)19/h3-10H,2H2,1H3. The molecule has 0 aromatic heterocycles. The second kappa shape index (κ2) is 5.11. The van der Waals surface area contributed by atoms with Gasteiger partial charge in [-0.1, -0.05) is 64.5 Å². The molecule has 0 saturated carbocycles. The highest BCUT2D eigenvalue weighted by Crippen LogP contribution is 2.47. The van der Waals surface area contributed by atoms with E-state index in [0.29, 0.717) is 11.1 Å². The molecule has 0 bridgehead atoms. The zero-order valence-corrected chi connectivity index (χ0v) is 13.0. The molecule has 0 fully saturated rings. The van der Waals surface area contributed by atoms with E-state index >= 15 is 0 Å². The van der Waals surface area contributed by atoms with Crippen molar-refractivity contribution >= 4 is 27.7 Å². The minimum absolute atomic E-state index is 0.225. The van der Waals surface area contributed by atoms with Gasteiger partial charge in [-0.05, 0) is 23.6 Å². The first-order valence-corrected chi connectivity index (χ1v) is 7.49. The van der Waals surface area contributed by atoms with Crippen molar-refractivity contribution in [1.82, 2.24) is 0 Å². The van der Waals surface area contributed by atoms with Crippen LogP contribution in [0.1, 0.15) is 22.8 Å². The third kappa shape index (κ3) is 1.94. The van der Waals surface area contributed by atoms with Crippen LogP contribution in [-0.2, 0) is 13.9 Å². The summed E-state index contributed by atoms with van der Waals surface area (Å²) in [6, 6.07) is 14.7. The minimum atomic E-state index is -1.46. The lowest BCUT2D eigenvalue weighted by atomic mass is 9.77. The van der Waals surface area contributed by atoms with Crippen molar-refractivity contribution in [3.8, 4) is 11.1 Å². The average Bonchev–Trinajstić information content (AvgIpc) is 2.53. The van der Waals surface area contributed by atoms with Crippen LogP contribution < -0.4 is 0 Å². The summed E-state index contributed by atoms with van der Waals surface area (Å²) in [6.07, 6.45) is 0. The monoisotopic (exact) mass is 344 g/mol. The van der Waals surface area contributed by atoms with Gasteiger partial charge in [0, 0.05) is 5.56 Å². The Morgan fingerprint density at radius 3 is 2.29 bits per heavy atom. The SMILES string of the molecule is CCOC(=O)C1(Br)C(=O)c2ccccc2-c2ccccc21. The molecule has 0 N–H and O–H groups in total. The van der Waals surface area contributed by atoms with E-state index in [9.17, 15) is 9.59 Å². The number of carbonyl (C=O) groups is 2. The predicted octanol–water partition coefficient (Wildman–Crippen LogP) is 3.70. The third-order valence-electron chi connectivity index (χ3n) is 3.63. The van der Waals surface area contributed by atoms with Gasteiger partial charge in [-0.3, -0.25) is 4.79 Å². The van der Waals surface area contributed by atoms with Crippen LogP contribution in [0.2, 0.25) is 0 Å². The fraction of sp³-hybridized carbons (Fsp3) is 0.176. The lowest BCUT2D eigenvalue weighted by molar-refractivity contribution is -0.144. The summed E-state index contributed by atoms with van der Waals surface area (Å²) in [5, 5.41) is 0. The van der Waals surface area contributed by atoms with Crippen molar-refractivity contribution in [3.63, 3.8) is 0 Å². The number of halogens is 1. The molecule has 1 unspecified atom stereocenters. The molecule has 4 heteroatoms. The minimum Gasteiger partial charge on any atom is -0.464 e. The quantitative estimate of drug-likeness (QED) is 0.474. The number of rotatable bonds is 2. The first-order valence-electron chi connectivity index (χ1n) is 6.70. The summed E-state index contributed by atoms with van der Waals surface area (Å²) in [4.78, 5) is 25.3. The number of esters is 1. The number of benzene rings is 2. The van der Waals surface area contributed by atoms with Gasteiger partial charge in [0.05, 0.1) is 6.61 Å². The molecular weight excluding hydrogens is 332 g/mol. The molecule has 21 heavy (non-hydrogen) atoms. The van der Waals surface area contributed by atoms with Crippen molar-refractivity contribution in [3.05, 3.63) is 59.7 Å². The van der Waals surface area contributed by atoms with E-state index in [1.807, 2.05) is 30.3 Å². The van der Waals surface area contributed by atoms with Crippen LogP contribution in [0.4, 0.5) is 0 Å². The topological polar surface area (TPSA) is 43.4 Å². The lowest BCUT2D eigenvalue weighted by Gasteiger charge is -2.31. The van der Waals surface area contributed by atoms with E-state index in [-0.39, 0.29) is 12.4 Å². The van der Waals surface area contributed by atoms with Crippen molar-refractivity contribution in [1.29, 1.82) is 0 Å².